The molecule has 148 valence electrons. The number of carbonyl (C=O) groups excluding carboxylic acids is 1. The van der Waals surface area contributed by atoms with Crippen LogP contribution in [0.5, 0.6) is 0 Å². The first-order valence-electron chi connectivity index (χ1n) is 8.28. The fourth-order valence-electron chi connectivity index (χ4n) is 3.19. The molecule has 0 aromatic rings. The number of hydrogen-bond acceptors (Lipinski definition) is 9. The van der Waals surface area contributed by atoms with Crippen molar-refractivity contribution in [3.8, 4) is 0 Å². The number of aliphatic hydroxyl groups is 4. The van der Waals surface area contributed by atoms with Gasteiger partial charge < -0.3 is 35.8 Å². The molecule has 0 aliphatic carbocycles. The van der Waals surface area contributed by atoms with Crippen molar-refractivity contribution in [3.05, 3.63) is 10.4 Å². The Balaban J connectivity index is 2.08. The molecule has 0 radical (unpaired) electrons. The van der Waals surface area contributed by atoms with Crippen molar-refractivity contribution >= 4 is 17.7 Å². The van der Waals surface area contributed by atoms with E-state index in [4.69, 9.17) is 10.3 Å². The van der Waals surface area contributed by atoms with Crippen LogP contribution in [-0.2, 0) is 9.53 Å². The molecule has 0 saturated carbocycles. The molecule has 2 aliphatic heterocycles. The Kier molecular flexibility index (Phi) is 7.50. The highest BCUT2D eigenvalue weighted by atomic mass is 32.2. The molecular formula is C14H25N5O6S. The van der Waals surface area contributed by atoms with Gasteiger partial charge in [-0.3, -0.25) is 4.79 Å². The van der Waals surface area contributed by atoms with Gasteiger partial charge >= 0.3 is 0 Å². The number of aliphatic hydroxyl groups excluding tert-OH is 4. The lowest BCUT2D eigenvalue weighted by molar-refractivity contribution is -0.211. The van der Waals surface area contributed by atoms with Crippen LogP contribution in [0.25, 0.3) is 10.4 Å². The Bertz CT molecular complexity index is 546. The van der Waals surface area contributed by atoms with Crippen LogP contribution in [0.3, 0.4) is 0 Å². The van der Waals surface area contributed by atoms with E-state index in [0.29, 0.717) is 13.0 Å². The number of ether oxygens (including phenoxy) is 1. The normalized spacial score (nSPS) is 39.7. The Hall–Kier alpha value is -1.11. The monoisotopic (exact) mass is 391 g/mol. The first-order chi connectivity index (χ1) is 12.3. The van der Waals surface area contributed by atoms with Crippen molar-refractivity contribution in [3.63, 3.8) is 0 Å². The Morgan fingerprint density at radius 1 is 1.38 bits per heavy atom. The SMILES string of the molecule is CS[C@H]1O[C@H]([C@H](NC(=O)[C@@H]2C[C@H](N=[N+]=[N-])CN2)[C@@H](C)O)[C@H](O)[C@H](O)[C@H]1O. The van der Waals surface area contributed by atoms with Crippen molar-refractivity contribution in [1.29, 1.82) is 0 Å². The van der Waals surface area contributed by atoms with Crippen molar-refractivity contribution in [2.45, 2.75) is 67.4 Å². The summed E-state index contributed by atoms with van der Waals surface area (Å²) in [5, 5.41) is 49.4. The molecule has 12 heteroatoms. The maximum atomic E-state index is 12.5. The van der Waals surface area contributed by atoms with Gasteiger partial charge in [-0.15, -0.1) is 11.8 Å². The zero-order chi connectivity index (χ0) is 19.4. The number of nitrogens with one attached hydrogen (secondary N) is 2. The smallest absolute Gasteiger partial charge is 0.237 e. The molecule has 1 amide bonds. The van der Waals surface area contributed by atoms with Crippen LogP contribution in [0.4, 0.5) is 0 Å². The summed E-state index contributed by atoms with van der Waals surface area (Å²) in [6.45, 7) is 1.79. The summed E-state index contributed by atoms with van der Waals surface area (Å²) < 4.78 is 5.62. The van der Waals surface area contributed by atoms with Gasteiger partial charge in [-0.25, -0.2) is 0 Å². The van der Waals surface area contributed by atoms with E-state index in [0.717, 1.165) is 11.8 Å². The highest BCUT2D eigenvalue weighted by Gasteiger charge is 2.48. The molecule has 0 aromatic heterocycles. The van der Waals surface area contributed by atoms with Crippen LogP contribution in [0.2, 0.25) is 0 Å². The summed E-state index contributed by atoms with van der Waals surface area (Å²) in [6, 6.07) is -1.95. The van der Waals surface area contributed by atoms with Gasteiger partial charge in [0.15, 0.2) is 0 Å². The predicted molar refractivity (Wildman–Crippen MR) is 93.1 cm³/mol. The zero-order valence-corrected chi connectivity index (χ0v) is 15.3. The summed E-state index contributed by atoms with van der Waals surface area (Å²) in [4.78, 5) is 15.2. The molecule has 9 atom stereocenters. The molecule has 11 nitrogen and oxygen atoms in total. The molecule has 26 heavy (non-hydrogen) atoms. The van der Waals surface area contributed by atoms with E-state index in [1.807, 2.05) is 0 Å². The van der Waals surface area contributed by atoms with Crippen LogP contribution >= 0.6 is 11.8 Å². The number of hydrogen-bond donors (Lipinski definition) is 6. The van der Waals surface area contributed by atoms with E-state index in [1.54, 1.807) is 6.26 Å². The van der Waals surface area contributed by atoms with E-state index >= 15 is 0 Å². The minimum Gasteiger partial charge on any atom is -0.391 e. The van der Waals surface area contributed by atoms with Crippen LogP contribution in [-0.4, -0.2) is 93.2 Å². The predicted octanol–water partition coefficient (Wildman–Crippen LogP) is -1.94. The number of carbonyl (C=O) groups is 1. The Labute approximate surface area is 154 Å². The third-order valence-corrected chi connectivity index (χ3v) is 5.52. The molecule has 0 unspecified atom stereocenters. The third-order valence-electron chi connectivity index (χ3n) is 4.66. The van der Waals surface area contributed by atoms with E-state index in [1.165, 1.54) is 6.92 Å². The van der Waals surface area contributed by atoms with Crippen molar-refractivity contribution in [2.75, 3.05) is 12.8 Å². The van der Waals surface area contributed by atoms with Gasteiger partial charge in [0.05, 0.1) is 24.2 Å². The molecule has 0 spiro atoms. The van der Waals surface area contributed by atoms with Gasteiger partial charge in [0.1, 0.15) is 29.9 Å². The van der Waals surface area contributed by atoms with Crippen molar-refractivity contribution < 1.29 is 30.0 Å². The van der Waals surface area contributed by atoms with E-state index in [2.05, 4.69) is 20.7 Å². The number of azide groups is 1. The average molecular weight is 391 g/mol. The lowest BCUT2D eigenvalue weighted by Crippen LogP contribution is -2.65. The first-order valence-corrected chi connectivity index (χ1v) is 9.57. The maximum Gasteiger partial charge on any atom is 0.237 e. The second kappa shape index (κ2) is 9.20. The highest BCUT2D eigenvalue weighted by Crippen LogP contribution is 2.29. The van der Waals surface area contributed by atoms with Crippen molar-refractivity contribution in [2.24, 2.45) is 5.11 Å². The Morgan fingerprint density at radius 3 is 2.65 bits per heavy atom. The molecule has 0 bridgehead atoms. The third kappa shape index (κ3) is 4.59. The summed E-state index contributed by atoms with van der Waals surface area (Å²) in [5.41, 5.74) is 7.66. The van der Waals surface area contributed by atoms with Crippen LogP contribution in [0.15, 0.2) is 5.11 Å². The average Bonchev–Trinajstić information content (AvgIpc) is 3.07. The standard InChI is InChI=1S/C14H25N5O6S/c1-5(20)8(12-10(22)9(21)11(23)14(25-12)26-2)17-13(24)7-3-6(4-16-7)18-19-15/h5-12,14,16,20-23H,3-4H2,1-2H3,(H,17,24)/t5-,6+,7+,8-,9+,10-,11-,12-,14-/m1/s1. The van der Waals surface area contributed by atoms with E-state index < -0.39 is 53.9 Å². The van der Waals surface area contributed by atoms with Gasteiger partial charge in [0.25, 0.3) is 0 Å². The van der Waals surface area contributed by atoms with E-state index in [9.17, 15) is 25.2 Å². The first kappa shape index (κ1) is 21.2. The van der Waals surface area contributed by atoms with Gasteiger partial charge in [-0.1, -0.05) is 5.11 Å². The Morgan fingerprint density at radius 2 is 2.08 bits per heavy atom. The molecule has 2 heterocycles. The molecule has 0 aromatic carbocycles. The summed E-state index contributed by atoms with van der Waals surface area (Å²) >= 11 is 1.15. The maximum absolute atomic E-state index is 12.5. The largest absolute Gasteiger partial charge is 0.391 e. The number of rotatable bonds is 6. The number of thioether (sulfide) groups is 1. The summed E-state index contributed by atoms with van der Waals surface area (Å²) in [6.07, 6.45) is -4.46. The minimum absolute atomic E-state index is 0.311. The summed E-state index contributed by atoms with van der Waals surface area (Å²) in [5.74, 6) is -0.441. The fourth-order valence-corrected chi connectivity index (χ4v) is 3.86. The van der Waals surface area contributed by atoms with Gasteiger partial charge in [-0.2, -0.15) is 0 Å². The molecule has 2 aliphatic rings. The zero-order valence-electron chi connectivity index (χ0n) is 14.5. The van der Waals surface area contributed by atoms with Crippen LogP contribution in [0.1, 0.15) is 13.3 Å². The fraction of sp³-hybridized carbons (Fsp3) is 0.929. The lowest BCUT2D eigenvalue weighted by Gasteiger charge is -2.44. The molecule has 6 N–H and O–H groups in total. The quantitative estimate of drug-likeness (QED) is 0.172. The summed E-state index contributed by atoms with van der Waals surface area (Å²) in [7, 11) is 0. The van der Waals surface area contributed by atoms with Crippen LogP contribution < -0.4 is 10.6 Å². The molecule has 2 fully saturated rings. The van der Waals surface area contributed by atoms with Crippen LogP contribution in [0, 0.1) is 0 Å². The molecular weight excluding hydrogens is 366 g/mol. The molecule has 2 rings (SSSR count). The van der Waals surface area contributed by atoms with Crippen molar-refractivity contribution in [1.82, 2.24) is 10.6 Å². The second-order valence-electron chi connectivity index (χ2n) is 6.51. The van der Waals surface area contributed by atoms with Gasteiger partial charge in [0.2, 0.25) is 5.91 Å². The van der Waals surface area contributed by atoms with E-state index in [-0.39, 0.29) is 6.04 Å². The lowest BCUT2D eigenvalue weighted by atomic mass is 9.92. The van der Waals surface area contributed by atoms with Gasteiger partial charge in [-0.05, 0) is 25.1 Å². The molecule has 2 saturated heterocycles. The highest BCUT2D eigenvalue weighted by molar-refractivity contribution is 7.99. The topological polar surface area (TPSA) is 180 Å². The number of nitrogens with zero attached hydrogens (tertiary/aromatic N) is 3. The number of amides is 1. The minimum atomic E-state index is -1.49. The van der Waals surface area contributed by atoms with Gasteiger partial charge in [0, 0.05) is 11.5 Å². The second-order valence-corrected chi connectivity index (χ2v) is 7.44.